The summed E-state index contributed by atoms with van der Waals surface area (Å²) in [5.41, 5.74) is 7.66. The molecule has 1 aliphatic rings. The van der Waals surface area contributed by atoms with Crippen molar-refractivity contribution in [2.24, 2.45) is 0 Å². The minimum absolute atomic E-state index is 0.983. The number of fused-ring (bicyclic) bond motifs is 3. The average Bonchev–Trinajstić information content (AvgIpc) is 2.78. The summed E-state index contributed by atoms with van der Waals surface area (Å²) in [4.78, 5) is 0. The topological polar surface area (TPSA) is 20.2 Å². The van der Waals surface area contributed by atoms with Crippen molar-refractivity contribution in [3.63, 3.8) is 0 Å². The van der Waals surface area contributed by atoms with Crippen molar-refractivity contribution in [2.45, 2.75) is 26.4 Å². The molecule has 0 unspecified atom stereocenters. The second kappa shape index (κ2) is 4.81. The maximum absolute atomic E-state index is 11.9. The number of rotatable bonds is 1. The van der Waals surface area contributed by atoms with Crippen molar-refractivity contribution >= 4 is 0 Å². The van der Waals surface area contributed by atoms with E-state index in [0.29, 0.717) is 0 Å². The normalized spacial score (nSPS) is 14.4. The first-order chi connectivity index (χ1) is 11.0. The lowest BCUT2D eigenvalue weighted by Gasteiger charge is -2.30. The predicted octanol–water partition coefficient (Wildman–Crippen LogP) is 4.88. The van der Waals surface area contributed by atoms with Gasteiger partial charge in [0.25, 0.3) is 0 Å². The van der Waals surface area contributed by atoms with E-state index in [1.807, 2.05) is 36.4 Å². The van der Waals surface area contributed by atoms with Gasteiger partial charge in [0.2, 0.25) is 0 Å². The van der Waals surface area contributed by atoms with Crippen LogP contribution in [0.1, 0.15) is 33.4 Å². The van der Waals surface area contributed by atoms with Crippen LogP contribution >= 0.6 is 0 Å². The van der Waals surface area contributed by atoms with Gasteiger partial charge < -0.3 is 5.11 Å². The second-order valence-corrected chi connectivity index (χ2v) is 6.58. The minimum atomic E-state index is -1.07. The lowest BCUT2D eigenvalue weighted by molar-refractivity contribution is 0.129. The maximum Gasteiger partial charge on any atom is 0.142 e. The summed E-state index contributed by atoms with van der Waals surface area (Å²) in [5.74, 6) is 0. The molecule has 1 nitrogen and oxygen atoms in total. The zero-order valence-electron chi connectivity index (χ0n) is 13.7. The molecule has 0 saturated carbocycles. The Bertz CT molecular complexity index is 852. The molecule has 0 saturated heterocycles. The highest BCUT2D eigenvalue weighted by molar-refractivity contribution is 5.82. The lowest BCUT2D eigenvalue weighted by atomic mass is 9.79. The Balaban J connectivity index is 2.13. The van der Waals surface area contributed by atoms with Gasteiger partial charge in [-0.2, -0.15) is 0 Å². The Morgan fingerprint density at radius 3 is 1.61 bits per heavy atom. The molecule has 1 aliphatic carbocycles. The van der Waals surface area contributed by atoms with E-state index in [4.69, 9.17) is 0 Å². The molecule has 0 spiro atoms. The molecule has 0 bridgehead atoms. The summed E-state index contributed by atoms with van der Waals surface area (Å²) in [6.07, 6.45) is 0. The fourth-order valence-electron chi connectivity index (χ4n) is 4.23. The average molecular weight is 300 g/mol. The Morgan fingerprint density at radius 1 is 0.696 bits per heavy atom. The highest BCUT2D eigenvalue weighted by atomic mass is 16.3. The molecular weight excluding hydrogens is 280 g/mol. The molecule has 0 heterocycles. The molecule has 114 valence electrons. The van der Waals surface area contributed by atoms with Crippen LogP contribution in [0.3, 0.4) is 0 Å². The third kappa shape index (κ3) is 1.83. The first kappa shape index (κ1) is 14.2. The van der Waals surface area contributed by atoms with Crippen LogP contribution in [-0.2, 0) is 5.60 Å². The summed E-state index contributed by atoms with van der Waals surface area (Å²) in [6, 6.07) is 20.7. The molecule has 4 rings (SSSR count). The Labute approximate surface area is 137 Å². The van der Waals surface area contributed by atoms with Crippen LogP contribution < -0.4 is 0 Å². The van der Waals surface area contributed by atoms with Gasteiger partial charge in [0.05, 0.1) is 0 Å². The van der Waals surface area contributed by atoms with Crippen LogP contribution in [0.25, 0.3) is 11.1 Å². The van der Waals surface area contributed by atoms with Crippen molar-refractivity contribution in [3.05, 3.63) is 94.0 Å². The molecular formula is C22H20O. The van der Waals surface area contributed by atoms with Gasteiger partial charge in [0.15, 0.2) is 0 Å². The summed E-state index contributed by atoms with van der Waals surface area (Å²) in [5, 5.41) is 11.9. The highest BCUT2D eigenvalue weighted by Gasteiger charge is 2.44. The number of aliphatic hydroxyl groups is 1. The molecule has 3 aromatic rings. The van der Waals surface area contributed by atoms with Gasteiger partial charge in [-0.3, -0.25) is 0 Å². The molecule has 0 atom stereocenters. The monoisotopic (exact) mass is 300 g/mol. The summed E-state index contributed by atoms with van der Waals surface area (Å²) in [7, 11) is 0. The van der Waals surface area contributed by atoms with E-state index in [9.17, 15) is 5.11 Å². The van der Waals surface area contributed by atoms with Crippen LogP contribution in [0.15, 0.2) is 60.7 Å². The maximum atomic E-state index is 11.9. The molecule has 0 fully saturated rings. The summed E-state index contributed by atoms with van der Waals surface area (Å²) >= 11 is 0. The van der Waals surface area contributed by atoms with Gasteiger partial charge in [0.1, 0.15) is 5.60 Å². The molecule has 3 aromatic carbocycles. The first-order valence-corrected chi connectivity index (χ1v) is 8.03. The zero-order chi connectivity index (χ0) is 16.2. The molecule has 0 aromatic heterocycles. The number of hydrogen-bond donors (Lipinski definition) is 1. The molecule has 1 heteroatoms. The minimum Gasteiger partial charge on any atom is -0.376 e. The Morgan fingerprint density at radius 2 is 1.13 bits per heavy atom. The smallest absolute Gasteiger partial charge is 0.142 e. The van der Waals surface area contributed by atoms with Crippen molar-refractivity contribution in [2.75, 3.05) is 0 Å². The fourth-order valence-corrected chi connectivity index (χ4v) is 4.23. The highest BCUT2D eigenvalue weighted by Crippen LogP contribution is 2.52. The van der Waals surface area contributed by atoms with Gasteiger partial charge in [0, 0.05) is 11.1 Å². The number of benzene rings is 3. The van der Waals surface area contributed by atoms with Gasteiger partial charge in [-0.15, -0.1) is 0 Å². The summed E-state index contributed by atoms with van der Waals surface area (Å²) in [6.45, 7) is 6.29. The molecule has 1 N–H and O–H groups in total. The summed E-state index contributed by atoms with van der Waals surface area (Å²) < 4.78 is 0. The van der Waals surface area contributed by atoms with E-state index in [0.717, 1.165) is 38.9 Å². The van der Waals surface area contributed by atoms with E-state index in [1.165, 1.54) is 5.56 Å². The van der Waals surface area contributed by atoms with Crippen molar-refractivity contribution in [3.8, 4) is 11.1 Å². The largest absolute Gasteiger partial charge is 0.376 e. The zero-order valence-corrected chi connectivity index (χ0v) is 13.7. The van der Waals surface area contributed by atoms with Crippen LogP contribution in [0, 0.1) is 20.8 Å². The van der Waals surface area contributed by atoms with E-state index in [2.05, 4.69) is 45.0 Å². The molecule has 0 radical (unpaired) electrons. The van der Waals surface area contributed by atoms with Crippen LogP contribution in [0.5, 0.6) is 0 Å². The van der Waals surface area contributed by atoms with Crippen molar-refractivity contribution in [1.29, 1.82) is 0 Å². The van der Waals surface area contributed by atoms with Crippen LogP contribution in [0.2, 0.25) is 0 Å². The Hall–Kier alpha value is -2.38. The van der Waals surface area contributed by atoms with E-state index < -0.39 is 5.60 Å². The van der Waals surface area contributed by atoms with E-state index in [1.54, 1.807) is 0 Å². The standard InChI is InChI=1S/C22H20O/c1-14-12-15(2)21(16(3)13-14)22(23)19-10-6-4-8-17(19)18-9-5-7-11-20(18)22/h4-13,23H,1-3H3. The SMILES string of the molecule is Cc1cc(C)c(C2(O)c3ccccc3-c3ccccc32)c(C)c1. The van der Waals surface area contributed by atoms with Gasteiger partial charge in [-0.25, -0.2) is 0 Å². The van der Waals surface area contributed by atoms with Gasteiger partial charge in [-0.05, 0) is 48.6 Å². The lowest BCUT2D eigenvalue weighted by Crippen LogP contribution is -2.28. The van der Waals surface area contributed by atoms with Crippen molar-refractivity contribution < 1.29 is 5.11 Å². The predicted molar refractivity (Wildman–Crippen MR) is 94.6 cm³/mol. The quantitative estimate of drug-likeness (QED) is 0.679. The van der Waals surface area contributed by atoms with E-state index in [-0.39, 0.29) is 0 Å². The molecule has 0 aliphatic heterocycles. The van der Waals surface area contributed by atoms with Gasteiger partial charge in [-0.1, -0.05) is 66.2 Å². The Kier molecular flexibility index (Phi) is 2.97. The van der Waals surface area contributed by atoms with Crippen molar-refractivity contribution in [1.82, 2.24) is 0 Å². The molecule has 0 amide bonds. The van der Waals surface area contributed by atoms with Crippen LogP contribution in [0.4, 0.5) is 0 Å². The van der Waals surface area contributed by atoms with Gasteiger partial charge >= 0.3 is 0 Å². The fraction of sp³-hybridized carbons (Fsp3) is 0.182. The first-order valence-electron chi connectivity index (χ1n) is 8.03. The van der Waals surface area contributed by atoms with Crippen LogP contribution in [-0.4, -0.2) is 5.11 Å². The number of hydrogen-bond acceptors (Lipinski definition) is 1. The molecule has 23 heavy (non-hydrogen) atoms. The third-order valence-corrected chi connectivity index (χ3v) is 4.96. The van der Waals surface area contributed by atoms with E-state index >= 15 is 0 Å². The second-order valence-electron chi connectivity index (χ2n) is 6.58. The third-order valence-electron chi connectivity index (χ3n) is 4.96. The number of aryl methyl sites for hydroxylation is 3.